The Balaban J connectivity index is 2.34. The van der Waals surface area contributed by atoms with Crippen LogP contribution in [0.15, 0.2) is 42.5 Å². The van der Waals surface area contributed by atoms with Crippen molar-refractivity contribution in [2.24, 2.45) is 0 Å². The molecule has 0 atom stereocenters. The molecule has 0 aliphatic carbocycles. The fourth-order valence-electron chi connectivity index (χ4n) is 1.77. The van der Waals surface area contributed by atoms with Crippen LogP contribution in [-0.2, 0) is 4.57 Å². The molecule has 0 fully saturated rings. The van der Waals surface area contributed by atoms with Gasteiger partial charge < -0.3 is 4.52 Å². The molecule has 0 radical (unpaired) electrons. The van der Waals surface area contributed by atoms with Crippen LogP contribution in [0.25, 0.3) is 10.8 Å². The number of rotatable bonds is 4. The van der Waals surface area contributed by atoms with Gasteiger partial charge in [-0.25, -0.2) is 0 Å². The standard InChI is InChI=1S/C14H17O2P/c1-3-17(15,4-2)16-14-10-9-12-7-5-6-8-13(12)11-14/h5-11H,3-4H2,1-2H3. The van der Waals surface area contributed by atoms with Crippen LogP contribution >= 0.6 is 7.37 Å². The van der Waals surface area contributed by atoms with E-state index in [1.165, 1.54) is 5.39 Å². The summed E-state index contributed by atoms with van der Waals surface area (Å²) in [6.45, 7) is 3.82. The van der Waals surface area contributed by atoms with Gasteiger partial charge in [-0.05, 0) is 22.9 Å². The van der Waals surface area contributed by atoms with E-state index in [-0.39, 0.29) is 0 Å². The predicted molar refractivity (Wildman–Crippen MR) is 73.3 cm³/mol. The van der Waals surface area contributed by atoms with Crippen LogP contribution in [0.3, 0.4) is 0 Å². The van der Waals surface area contributed by atoms with E-state index in [1.54, 1.807) is 0 Å². The van der Waals surface area contributed by atoms with E-state index < -0.39 is 7.37 Å². The van der Waals surface area contributed by atoms with Crippen molar-refractivity contribution < 1.29 is 9.09 Å². The Hall–Kier alpha value is -1.27. The second-order valence-electron chi connectivity index (χ2n) is 4.05. The maximum atomic E-state index is 12.2. The van der Waals surface area contributed by atoms with Crippen LogP contribution < -0.4 is 4.52 Å². The molecule has 2 aromatic carbocycles. The third-order valence-electron chi connectivity index (χ3n) is 2.96. The third kappa shape index (κ3) is 2.70. The Labute approximate surface area is 102 Å². The van der Waals surface area contributed by atoms with E-state index in [9.17, 15) is 4.57 Å². The van der Waals surface area contributed by atoms with Gasteiger partial charge >= 0.3 is 0 Å². The molecule has 0 saturated carbocycles. The van der Waals surface area contributed by atoms with E-state index in [4.69, 9.17) is 4.52 Å². The lowest BCUT2D eigenvalue weighted by Gasteiger charge is -2.16. The minimum atomic E-state index is -2.48. The molecule has 0 bridgehead atoms. The first-order chi connectivity index (χ1) is 8.17. The van der Waals surface area contributed by atoms with E-state index in [1.807, 2.05) is 50.2 Å². The molecule has 0 amide bonds. The molecule has 0 unspecified atom stereocenters. The molecule has 90 valence electrons. The molecule has 0 saturated heterocycles. The van der Waals surface area contributed by atoms with Gasteiger partial charge in [0.1, 0.15) is 5.75 Å². The molecule has 0 aliphatic heterocycles. The lowest BCUT2D eigenvalue weighted by atomic mass is 10.1. The minimum Gasteiger partial charge on any atom is -0.443 e. The highest BCUT2D eigenvalue weighted by Gasteiger charge is 2.18. The van der Waals surface area contributed by atoms with Crippen molar-refractivity contribution >= 4 is 18.1 Å². The number of hydrogen-bond donors (Lipinski definition) is 0. The summed E-state index contributed by atoms with van der Waals surface area (Å²) in [5.74, 6) is 0.704. The summed E-state index contributed by atoms with van der Waals surface area (Å²) in [6.07, 6.45) is 1.16. The molecule has 0 heterocycles. The molecule has 0 spiro atoms. The molecular weight excluding hydrogens is 231 g/mol. The van der Waals surface area contributed by atoms with Gasteiger partial charge in [0, 0.05) is 12.3 Å². The molecule has 0 aliphatic rings. The Bertz CT molecular complexity index is 555. The van der Waals surface area contributed by atoms with Crippen LogP contribution in [-0.4, -0.2) is 12.3 Å². The monoisotopic (exact) mass is 248 g/mol. The fourth-order valence-corrected chi connectivity index (χ4v) is 2.97. The third-order valence-corrected chi connectivity index (χ3v) is 5.43. The summed E-state index contributed by atoms with van der Waals surface area (Å²) < 4.78 is 17.9. The second kappa shape index (κ2) is 4.93. The van der Waals surface area contributed by atoms with E-state index >= 15 is 0 Å². The summed E-state index contributed by atoms with van der Waals surface area (Å²) in [5.41, 5.74) is 0. The molecule has 17 heavy (non-hydrogen) atoms. The quantitative estimate of drug-likeness (QED) is 0.743. The first-order valence-electron chi connectivity index (χ1n) is 5.93. The highest BCUT2D eigenvalue weighted by molar-refractivity contribution is 7.59. The second-order valence-corrected chi connectivity index (χ2v) is 7.12. The summed E-state index contributed by atoms with van der Waals surface area (Å²) in [7, 11) is -2.48. The Morgan fingerprint density at radius 1 is 1.00 bits per heavy atom. The van der Waals surface area contributed by atoms with Gasteiger partial charge in [-0.2, -0.15) is 0 Å². The van der Waals surface area contributed by atoms with Gasteiger partial charge in [-0.1, -0.05) is 44.2 Å². The average Bonchev–Trinajstić information content (AvgIpc) is 2.38. The summed E-state index contributed by atoms with van der Waals surface area (Å²) in [6, 6.07) is 13.9. The van der Waals surface area contributed by atoms with Crippen molar-refractivity contribution in [3.63, 3.8) is 0 Å². The van der Waals surface area contributed by atoms with Crippen molar-refractivity contribution in [3.8, 4) is 5.75 Å². The Kier molecular flexibility index (Phi) is 3.54. The van der Waals surface area contributed by atoms with Crippen molar-refractivity contribution in [3.05, 3.63) is 42.5 Å². The van der Waals surface area contributed by atoms with Crippen LogP contribution in [0.4, 0.5) is 0 Å². The number of benzene rings is 2. The lowest BCUT2D eigenvalue weighted by molar-refractivity contribution is 0.484. The van der Waals surface area contributed by atoms with Crippen molar-refractivity contribution in [1.29, 1.82) is 0 Å². The van der Waals surface area contributed by atoms with E-state index in [0.717, 1.165) is 5.39 Å². The molecule has 2 nitrogen and oxygen atoms in total. The van der Waals surface area contributed by atoms with Crippen molar-refractivity contribution in [1.82, 2.24) is 0 Å². The highest BCUT2D eigenvalue weighted by atomic mass is 31.2. The minimum absolute atomic E-state index is 0.580. The van der Waals surface area contributed by atoms with Gasteiger partial charge in [-0.3, -0.25) is 4.57 Å². The fraction of sp³-hybridized carbons (Fsp3) is 0.286. The Morgan fingerprint density at radius 2 is 1.65 bits per heavy atom. The highest BCUT2D eigenvalue weighted by Crippen LogP contribution is 2.46. The molecule has 3 heteroatoms. The van der Waals surface area contributed by atoms with Crippen LogP contribution in [0.2, 0.25) is 0 Å². The van der Waals surface area contributed by atoms with Gasteiger partial charge in [0.15, 0.2) is 0 Å². The summed E-state index contributed by atoms with van der Waals surface area (Å²) >= 11 is 0. The van der Waals surface area contributed by atoms with Crippen molar-refractivity contribution in [2.45, 2.75) is 13.8 Å². The normalized spacial score (nSPS) is 11.6. The van der Waals surface area contributed by atoms with Gasteiger partial charge in [-0.15, -0.1) is 0 Å². The molecule has 0 N–H and O–H groups in total. The Morgan fingerprint density at radius 3 is 2.29 bits per heavy atom. The average molecular weight is 248 g/mol. The molecule has 2 aromatic rings. The zero-order valence-electron chi connectivity index (χ0n) is 10.2. The molecule has 2 rings (SSSR count). The lowest BCUT2D eigenvalue weighted by Crippen LogP contribution is -1.98. The van der Waals surface area contributed by atoms with E-state index in [0.29, 0.717) is 18.1 Å². The first-order valence-corrected chi connectivity index (χ1v) is 7.93. The first kappa shape index (κ1) is 12.2. The van der Waals surface area contributed by atoms with Crippen LogP contribution in [0.1, 0.15) is 13.8 Å². The van der Waals surface area contributed by atoms with Gasteiger partial charge in [0.25, 0.3) is 0 Å². The largest absolute Gasteiger partial charge is 0.443 e. The maximum absolute atomic E-state index is 12.2. The molecular formula is C14H17O2P. The van der Waals surface area contributed by atoms with Gasteiger partial charge in [0.05, 0.1) is 0 Å². The molecule has 0 aromatic heterocycles. The maximum Gasteiger partial charge on any atom is 0.247 e. The smallest absolute Gasteiger partial charge is 0.247 e. The summed E-state index contributed by atoms with van der Waals surface area (Å²) in [5, 5.41) is 2.28. The number of fused-ring (bicyclic) bond motifs is 1. The predicted octanol–water partition coefficient (Wildman–Crippen LogP) is 4.54. The van der Waals surface area contributed by atoms with Crippen LogP contribution in [0.5, 0.6) is 5.75 Å². The summed E-state index contributed by atoms with van der Waals surface area (Å²) in [4.78, 5) is 0. The van der Waals surface area contributed by atoms with Crippen molar-refractivity contribution in [2.75, 3.05) is 12.3 Å². The van der Waals surface area contributed by atoms with E-state index in [2.05, 4.69) is 6.07 Å². The van der Waals surface area contributed by atoms with Gasteiger partial charge in [0.2, 0.25) is 7.37 Å². The SMILES string of the molecule is CCP(=O)(CC)Oc1ccc2ccccc2c1. The van der Waals surface area contributed by atoms with Crippen LogP contribution in [0, 0.1) is 0 Å². The zero-order valence-corrected chi connectivity index (χ0v) is 11.1. The topological polar surface area (TPSA) is 26.3 Å². The number of hydrogen-bond acceptors (Lipinski definition) is 2. The zero-order chi connectivity index (χ0) is 12.3.